The molecule has 0 unspecified atom stereocenters. The van der Waals surface area contributed by atoms with Crippen LogP contribution in [-0.2, 0) is 9.53 Å². The van der Waals surface area contributed by atoms with E-state index in [0.717, 1.165) is 0 Å². The van der Waals surface area contributed by atoms with Gasteiger partial charge in [0.25, 0.3) is 0 Å². The normalized spacial score (nSPS) is 11.7. The zero-order valence-electron chi connectivity index (χ0n) is 7.60. The predicted octanol–water partition coefficient (Wildman–Crippen LogP) is 1.33. The summed E-state index contributed by atoms with van der Waals surface area (Å²) in [7, 11) is 1.33. The van der Waals surface area contributed by atoms with E-state index in [9.17, 15) is 4.79 Å². The van der Waals surface area contributed by atoms with Crippen molar-refractivity contribution in [1.29, 1.82) is 5.26 Å². The maximum Gasteiger partial charge on any atom is 0.337 e. The van der Waals surface area contributed by atoms with E-state index in [-0.39, 0.29) is 0 Å². The summed E-state index contributed by atoms with van der Waals surface area (Å²) in [5.41, 5.74) is 1.02. The molecule has 0 spiro atoms. The van der Waals surface area contributed by atoms with Gasteiger partial charge in [0, 0.05) is 7.11 Å². The molecule has 0 saturated heterocycles. The molecule has 0 bridgehead atoms. The molecule has 0 aliphatic carbocycles. The maximum atomic E-state index is 10.7. The van der Waals surface area contributed by atoms with Crippen molar-refractivity contribution in [3.05, 3.63) is 35.4 Å². The van der Waals surface area contributed by atoms with Gasteiger partial charge in [-0.1, -0.05) is 12.1 Å². The van der Waals surface area contributed by atoms with Crippen LogP contribution < -0.4 is 0 Å². The number of carboxylic acid groups (broad SMARTS) is 1. The Bertz CT molecular complexity index is 364. The van der Waals surface area contributed by atoms with Crippen molar-refractivity contribution in [2.24, 2.45) is 0 Å². The van der Waals surface area contributed by atoms with Crippen molar-refractivity contribution in [3.63, 3.8) is 0 Å². The Kier molecular flexibility index (Phi) is 3.21. The Morgan fingerprint density at radius 2 is 2.07 bits per heavy atom. The lowest BCUT2D eigenvalue weighted by Crippen LogP contribution is -2.13. The molecular weight excluding hydrogens is 182 g/mol. The first kappa shape index (κ1) is 10.2. The first-order valence-corrected chi connectivity index (χ1v) is 3.94. The summed E-state index contributed by atoms with van der Waals surface area (Å²) in [6.07, 6.45) is -0.970. The molecule has 4 nitrogen and oxygen atoms in total. The predicted molar refractivity (Wildman–Crippen MR) is 48.5 cm³/mol. The van der Waals surface area contributed by atoms with Crippen LogP contribution in [0.3, 0.4) is 0 Å². The molecule has 0 radical (unpaired) electrons. The van der Waals surface area contributed by atoms with Crippen molar-refractivity contribution >= 4 is 5.97 Å². The summed E-state index contributed by atoms with van der Waals surface area (Å²) in [4.78, 5) is 10.7. The number of methoxy groups -OCH3 is 1. The minimum atomic E-state index is -1.04. The van der Waals surface area contributed by atoms with Crippen molar-refractivity contribution in [3.8, 4) is 6.07 Å². The minimum Gasteiger partial charge on any atom is -0.479 e. The van der Waals surface area contributed by atoms with Crippen LogP contribution in [0, 0.1) is 11.3 Å². The average molecular weight is 191 g/mol. The third-order valence-corrected chi connectivity index (χ3v) is 1.80. The summed E-state index contributed by atoms with van der Waals surface area (Å²) in [6, 6.07) is 8.21. The summed E-state index contributed by atoms with van der Waals surface area (Å²) in [5, 5.41) is 17.3. The second-order valence-corrected chi connectivity index (χ2v) is 2.69. The molecule has 4 heteroatoms. The first-order chi connectivity index (χ1) is 6.69. The van der Waals surface area contributed by atoms with E-state index in [1.165, 1.54) is 7.11 Å². The highest BCUT2D eigenvalue weighted by Crippen LogP contribution is 2.16. The van der Waals surface area contributed by atoms with Crippen LogP contribution in [0.5, 0.6) is 0 Å². The molecule has 1 aromatic carbocycles. The number of hydrogen-bond donors (Lipinski definition) is 1. The second-order valence-electron chi connectivity index (χ2n) is 2.69. The van der Waals surface area contributed by atoms with Crippen LogP contribution in [0.4, 0.5) is 0 Å². The molecule has 0 amide bonds. The largest absolute Gasteiger partial charge is 0.479 e. The number of aliphatic carboxylic acids is 1. The van der Waals surface area contributed by atoms with Crippen molar-refractivity contribution in [2.45, 2.75) is 6.10 Å². The Morgan fingerprint density at radius 3 is 2.43 bits per heavy atom. The molecule has 1 aromatic rings. The van der Waals surface area contributed by atoms with E-state index < -0.39 is 12.1 Å². The number of rotatable bonds is 3. The molecule has 1 rings (SSSR count). The average Bonchev–Trinajstić information content (AvgIpc) is 2.19. The Balaban J connectivity index is 2.96. The third kappa shape index (κ3) is 2.09. The molecule has 0 aliphatic rings. The number of ether oxygens (including phenoxy) is 1. The summed E-state index contributed by atoms with van der Waals surface area (Å²) in [5.74, 6) is -1.04. The fourth-order valence-electron chi connectivity index (χ4n) is 1.11. The highest BCUT2D eigenvalue weighted by atomic mass is 16.5. The number of benzene rings is 1. The van der Waals surface area contributed by atoms with Crippen molar-refractivity contribution in [1.82, 2.24) is 0 Å². The van der Waals surface area contributed by atoms with Gasteiger partial charge in [-0.25, -0.2) is 4.79 Å². The van der Waals surface area contributed by atoms with Crippen LogP contribution >= 0.6 is 0 Å². The van der Waals surface area contributed by atoms with E-state index in [2.05, 4.69) is 0 Å². The quantitative estimate of drug-likeness (QED) is 0.782. The maximum absolute atomic E-state index is 10.7. The Hall–Kier alpha value is -1.86. The van der Waals surface area contributed by atoms with Crippen molar-refractivity contribution < 1.29 is 14.6 Å². The van der Waals surface area contributed by atoms with Gasteiger partial charge in [0.2, 0.25) is 0 Å². The van der Waals surface area contributed by atoms with Gasteiger partial charge in [-0.05, 0) is 17.7 Å². The molecule has 0 fully saturated rings. The Morgan fingerprint density at radius 1 is 1.50 bits per heavy atom. The van der Waals surface area contributed by atoms with Gasteiger partial charge in [0.1, 0.15) is 0 Å². The van der Waals surface area contributed by atoms with Crippen LogP contribution in [0.15, 0.2) is 24.3 Å². The summed E-state index contributed by atoms with van der Waals surface area (Å²) in [6.45, 7) is 0. The van der Waals surface area contributed by atoms with Gasteiger partial charge < -0.3 is 9.84 Å². The fourth-order valence-corrected chi connectivity index (χ4v) is 1.11. The minimum absolute atomic E-state index is 0.494. The van der Waals surface area contributed by atoms with E-state index >= 15 is 0 Å². The molecule has 0 saturated carbocycles. The number of nitrogens with zero attached hydrogens (tertiary/aromatic N) is 1. The number of carboxylic acids is 1. The Labute approximate surface area is 81.4 Å². The molecule has 14 heavy (non-hydrogen) atoms. The number of nitriles is 1. The van der Waals surface area contributed by atoms with Crippen molar-refractivity contribution in [2.75, 3.05) is 7.11 Å². The molecule has 1 atom stereocenters. The van der Waals surface area contributed by atoms with Crippen LogP contribution in [0.2, 0.25) is 0 Å². The van der Waals surface area contributed by atoms with Gasteiger partial charge in [-0.3, -0.25) is 0 Å². The second kappa shape index (κ2) is 4.40. The summed E-state index contributed by atoms with van der Waals surface area (Å²) < 4.78 is 4.79. The van der Waals surface area contributed by atoms with Gasteiger partial charge in [-0.15, -0.1) is 0 Å². The molecular formula is C10H9NO3. The highest BCUT2D eigenvalue weighted by Gasteiger charge is 2.18. The van der Waals surface area contributed by atoms with Crippen LogP contribution in [-0.4, -0.2) is 18.2 Å². The lowest BCUT2D eigenvalue weighted by Gasteiger charge is -2.09. The highest BCUT2D eigenvalue weighted by molar-refractivity contribution is 5.74. The van der Waals surface area contributed by atoms with E-state index in [1.807, 2.05) is 6.07 Å². The molecule has 0 aliphatic heterocycles. The first-order valence-electron chi connectivity index (χ1n) is 3.94. The smallest absolute Gasteiger partial charge is 0.337 e. The lowest BCUT2D eigenvalue weighted by molar-refractivity contribution is -0.148. The molecule has 72 valence electrons. The van der Waals surface area contributed by atoms with Crippen LogP contribution in [0.25, 0.3) is 0 Å². The van der Waals surface area contributed by atoms with E-state index in [1.54, 1.807) is 24.3 Å². The third-order valence-electron chi connectivity index (χ3n) is 1.80. The summed E-state index contributed by atoms with van der Waals surface area (Å²) >= 11 is 0. The van der Waals surface area contributed by atoms with Gasteiger partial charge in [-0.2, -0.15) is 5.26 Å². The SMILES string of the molecule is CO[C@@H](C(=O)O)c1ccc(C#N)cc1. The van der Waals surface area contributed by atoms with Gasteiger partial charge >= 0.3 is 5.97 Å². The topological polar surface area (TPSA) is 70.3 Å². The van der Waals surface area contributed by atoms with E-state index in [4.69, 9.17) is 15.1 Å². The fraction of sp³-hybridized carbons (Fsp3) is 0.200. The van der Waals surface area contributed by atoms with Crippen LogP contribution in [0.1, 0.15) is 17.2 Å². The van der Waals surface area contributed by atoms with Gasteiger partial charge in [0.05, 0.1) is 11.6 Å². The molecule has 1 N–H and O–H groups in total. The zero-order valence-corrected chi connectivity index (χ0v) is 7.60. The standard InChI is InChI=1S/C10H9NO3/c1-14-9(10(12)13)8-4-2-7(6-11)3-5-8/h2-5,9H,1H3,(H,12,13)/t9-/m1/s1. The number of hydrogen-bond acceptors (Lipinski definition) is 3. The molecule has 0 heterocycles. The zero-order chi connectivity index (χ0) is 10.6. The van der Waals surface area contributed by atoms with Gasteiger partial charge in [0.15, 0.2) is 6.10 Å². The lowest BCUT2D eigenvalue weighted by atomic mass is 10.1. The monoisotopic (exact) mass is 191 g/mol. The number of carbonyl (C=O) groups is 1. The molecule has 0 aromatic heterocycles. The van der Waals surface area contributed by atoms with E-state index in [0.29, 0.717) is 11.1 Å².